The van der Waals surface area contributed by atoms with Gasteiger partial charge in [-0.05, 0) is 20.8 Å². The van der Waals surface area contributed by atoms with Crippen molar-refractivity contribution in [3.63, 3.8) is 0 Å². The molecule has 0 aromatic carbocycles. The lowest BCUT2D eigenvalue weighted by Crippen LogP contribution is -2.55. The fraction of sp³-hybridized carbons (Fsp3) is 0.667. The fourth-order valence-corrected chi connectivity index (χ4v) is 2.37. The first-order valence-electron chi connectivity index (χ1n) is 5.96. The highest BCUT2D eigenvalue weighted by Crippen LogP contribution is 2.15. The molecule has 1 aliphatic rings. The summed E-state index contributed by atoms with van der Waals surface area (Å²) in [5.74, 6) is 0.870. The first-order valence-corrected chi connectivity index (χ1v) is 5.96. The lowest BCUT2D eigenvalue weighted by atomic mass is 10.1. The van der Waals surface area contributed by atoms with Gasteiger partial charge in [0.2, 0.25) is 5.76 Å². The number of nitrogens with zero attached hydrogens (tertiary/aromatic N) is 2. The molecule has 1 fully saturated rings. The highest BCUT2D eigenvalue weighted by atomic mass is 16.4. The van der Waals surface area contributed by atoms with E-state index in [1.807, 2.05) is 4.90 Å². The van der Waals surface area contributed by atoms with Crippen molar-refractivity contribution in [3.05, 3.63) is 17.3 Å². The number of amides is 1. The summed E-state index contributed by atoms with van der Waals surface area (Å²) in [4.78, 5) is 18.3. The van der Waals surface area contributed by atoms with Crippen LogP contribution in [0.15, 0.2) is 4.42 Å². The van der Waals surface area contributed by atoms with E-state index in [2.05, 4.69) is 24.1 Å². The van der Waals surface area contributed by atoms with E-state index in [1.165, 1.54) is 0 Å². The SMILES string of the molecule is Cc1nc(C)c(C(=O)N2CC(C)NC(C)C2)o1. The second-order valence-corrected chi connectivity index (χ2v) is 4.83. The second kappa shape index (κ2) is 4.49. The van der Waals surface area contributed by atoms with Gasteiger partial charge in [0, 0.05) is 32.1 Å². The zero-order valence-corrected chi connectivity index (χ0v) is 10.8. The van der Waals surface area contributed by atoms with Gasteiger partial charge in [-0.25, -0.2) is 4.98 Å². The topological polar surface area (TPSA) is 58.4 Å². The predicted octanol–water partition coefficient (Wildman–Crippen LogP) is 1.11. The number of nitrogens with one attached hydrogen (secondary N) is 1. The Balaban J connectivity index is 2.17. The molecule has 0 saturated carbocycles. The van der Waals surface area contributed by atoms with Gasteiger partial charge in [0.1, 0.15) is 0 Å². The zero-order valence-electron chi connectivity index (χ0n) is 10.8. The first-order chi connectivity index (χ1) is 7.97. The Labute approximate surface area is 101 Å². The van der Waals surface area contributed by atoms with Crippen molar-refractivity contribution in [1.82, 2.24) is 15.2 Å². The maximum Gasteiger partial charge on any atom is 0.291 e. The molecule has 1 aromatic heterocycles. The largest absolute Gasteiger partial charge is 0.436 e. The van der Waals surface area contributed by atoms with Crippen molar-refractivity contribution in [3.8, 4) is 0 Å². The Kier molecular flexibility index (Phi) is 3.19. The number of oxazole rings is 1. The molecule has 5 nitrogen and oxygen atoms in total. The fourth-order valence-electron chi connectivity index (χ4n) is 2.37. The van der Waals surface area contributed by atoms with Crippen molar-refractivity contribution in [2.45, 2.75) is 39.8 Å². The van der Waals surface area contributed by atoms with E-state index >= 15 is 0 Å². The molecule has 1 N–H and O–H groups in total. The third-order valence-electron chi connectivity index (χ3n) is 2.94. The monoisotopic (exact) mass is 237 g/mol. The van der Waals surface area contributed by atoms with Gasteiger partial charge in [0.25, 0.3) is 5.91 Å². The van der Waals surface area contributed by atoms with Crippen molar-refractivity contribution < 1.29 is 9.21 Å². The van der Waals surface area contributed by atoms with Gasteiger partial charge < -0.3 is 14.6 Å². The Hall–Kier alpha value is -1.36. The molecule has 94 valence electrons. The third-order valence-corrected chi connectivity index (χ3v) is 2.94. The van der Waals surface area contributed by atoms with Gasteiger partial charge in [-0.2, -0.15) is 0 Å². The van der Waals surface area contributed by atoms with Crippen LogP contribution < -0.4 is 5.32 Å². The van der Waals surface area contributed by atoms with Crippen LogP contribution in [0.1, 0.15) is 36.0 Å². The Morgan fingerprint density at radius 2 is 1.94 bits per heavy atom. The number of carbonyl (C=O) groups is 1. The van der Waals surface area contributed by atoms with E-state index in [-0.39, 0.29) is 5.91 Å². The summed E-state index contributed by atoms with van der Waals surface area (Å²) in [6, 6.07) is 0.624. The summed E-state index contributed by atoms with van der Waals surface area (Å²) in [7, 11) is 0. The van der Waals surface area contributed by atoms with Crippen LogP contribution in [-0.2, 0) is 0 Å². The Morgan fingerprint density at radius 1 is 1.35 bits per heavy atom. The molecule has 1 saturated heterocycles. The second-order valence-electron chi connectivity index (χ2n) is 4.83. The standard InChI is InChI=1S/C12H19N3O2/c1-7-5-15(6-8(2)13-7)12(16)11-9(3)14-10(4)17-11/h7-8,13H,5-6H2,1-4H3. The van der Waals surface area contributed by atoms with Gasteiger partial charge in [-0.15, -0.1) is 0 Å². The van der Waals surface area contributed by atoms with Gasteiger partial charge in [0.15, 0.2) is 5.89 Å². The molecule has 1 aromatic rings. The molecule has 2 unspecified atom stereocenters. The van der Waals surface area contributed by atoms with E-state index in [4.69, 9.17) is 4.42 Å². The number of piperazine rings is 1. The molecule has 2 atom stereocenters. The molecule has 1 aliphatic heterocycles. The predicted molar refractivity (Wildman–Crippen MR) is 63.9 cm³/mol. The summed E-state index contributed by atoms with van der Waals surface area (Å²) < 4.78 is 5.38. The van der Waals surface area contributed by atoms with Crippen LogP contribution in [-0.4, -0.2) is 41.0 Å². The minimum atomic E-state index is -0.0525. The van der Waals surface area contributed by atoms with Crippen LogP contribution in [0.25, 0.3) is 0 Å². The molecule has 5 heteroatoms. The van der Waals surface area contributed by atoms with Crippen LogP contribution >= 0.6 is 0 Å². The van der Waals surface area contributed by atoms with Gasteiger partial charge >= 0.3 is 0 Å². The van der Waals surface area contributed by atoms with Crippen LogP contribution in [0.2, 0.25) is 0 Å². The number of aromatic nitrogens is 1. The molecule has 0 spiro atoms. The van der Waals surface area contributed by atoms with E-state index in [0.717, 1.165) is 0 Å². The molecule has 1 amide bonds. The smallest absolute Gasteiger partial charge is 0.291 e. The average molecular weight is 237 g/mol. The highest BCUT2D eigenvalue weighted by molar-refractivity contribution is 5.92. The molecule has 0 bridgehead atoms. The van der Waals surface area contributed by atoms with Crippen LogP contribution in [0.5, 0.6) is 0 Å². The molecule has 0 radical (unpaired) electrons. The van der Waals surface area contributed by atoms with Crippen molar-refractivity contribution in [2.24, 2.45) is 0 Å². The maximum absolute atomic E-state index is 12.3. The third kappa shape index (κ3) is 2.49. The molecule has 2 rings (SSSR count). The molecule has 0 aliphatic carbocycles. The molecule has 17 heavy (non-hydrogen) atoms. The van der Waals surface area contributed by atoms with Crippen molar-refractivity contribution in [1.29, 1.82) is 0 Å². The summed E-state index contributed by atoms with van der Waals surface area (Å²) >= 11 is 0. The van der Waals surface area contributed by atoms with Gasteiger partial charge in [-0.3, -0.25) is 4.79 Å². The van der Waals surface area contributed by atoms with Crippen LogP contribution in [0.3, 0.4) is 0 Å². The van der Waals surface area contributed by atoms with Crippen molar-refractivity contribution >= 4 is 5.91 Å². The normalized spacial score (nSPS) is 25.1. The molecule has 2 heterocycles. The van der Waals surface area contributed by atoms with E-state index < -0.39 is 0 Å². The van der Waals surface area contributed by atoms with E-state index in [1.54, 1.807) is 13.8 Å². The van der Waals surface area contributed by atoms with Gasteiger partial charge in [0.05, 0.1) is 5.69 Å². The number of hydrogen-bond donors (Lipinski definition) is 1. The Bertz CT molecular complexity index is 417. The zero-order chi connectivity index (χ0) is 12.6. The molecular formula is C12H19N3O2. The van der Waals surface area contributed by atoms with Crippen molar-refractivity contribution in [2.75, 3.05) is 13.1 Å². The summed E-state index contributed by atoms with van der Waals surface area (Å²) in [6.45, 7) is 9.14. The summed E-state index contributed by atoms with van der Waals surface area (Å²) in [6.07, 6.45) is 0. The van der Waals surface area contributed by atoms with E-state index in [0.29, 0.717) is 42.5 Å². The highest BCUT2D eigenvalue weighted by Gasteiger charge is 2.28. The minimum Gasteiger partial charge on any atom is -0.436 e. The minimum absolute atomic E-state index is 0.0525. The van der Waals surface area contributed by atoms with Gasteiger partial charge in [-0.1, -0.05) is 0 Å². The Morgan fingerprint density at radius 3 is 2.41 bits per heavy atom. The lowest BCUT2D eigenvalue weighted by Gasteiger charge is -2.35. The average Bonchev–Trinajstić information content (AvgIpc) is 2.55. The van der Waals surface area contributed by atoms with Crippen LogP contribution in [0.4, 0.5) is 0 Å². The van der Waals surface area contributed by atoms with Crippen LogP contribution in [0, 0.1) is 13.8 Å². The maximum atomic E-state index is 12.3. The number of rotatable bonds is 1. The number of aryl methyl sites for hydroxylation is 2. The quantitative estimate of drug-likeness (QED) is 0.795. The summed E-state index contributed by atoms with van der Waals surface area (Å²) in [5.41, 5.74) is 0.673. The van der Waals surface area contributed by atoms with E-state index in [9.17, 15) is 4.79 Å². The molecular weight excluding hydrogens is 218 g/mol. The number of hydrogen-bond acceptors (Lipinski definition) is 4. The lowest BCUT2D eigenvalue weighted by molar-refractivity contribution is 0.0639. The summed E-state index contributed by atoms with van der Waals surface area (Å²) in [5, 5.41) is 3.40. The number of carbonyl (C=O) groups excluding carboxylic acids is 1. The first kappa shape index (κ1) is 12.1.